The van der Waals surface area contributed by atoms with Gasteiger partial charge in [0.15, 0.2) is 5.78 Å². The first-order chi connectivity index (χ1) is 22.2. The number of rotatable bonds is 8. The minimum Gasteiger partial charge on any atom is -0.465 e. The Balaban J connectivity index is 1.23. The van der Waals surface area contributed by atoms with Crippen LogP contribution in [0.5, 0.6) is 0 Å². The standard InChI is InChI=1S/C36H38N4O6/c41-31(25-7-2-1-3-8-25)15-16-32(42)40-23-28-10-5-4-9-27(28)22-30(40)33(43)38-36(17-19-39(20-18-36)35(45)46)34(44)37-29-14-13-24-11-6-12-26(24)21-29/h1-5,7-10,13-14,21,30H,6,11-12,15-20,22-23H2,(H,37,44)(H,38,43)(H,45,46). The molecule has 10 nitrogen and oxygen atoms in total. The molecule has 1 atom stereocenters. The van der Waals surface area contributed by atoms with E-state index in [1.807, 2.05) is 48.5 Å². The predicted molar refractivity (Wildman–Crippen MR) is 171 cm³/mol. The SMILES string of the molecule is O=C(CCC(=O)N1Cc2ccccc2CC1C(=O)NC1(C(=O)Nc2ccc3c(c2)CCC3)CCN(C(=O)O)CC1)c1ccccc1. The number of hydrogen-bond donors (Lipinski definition) is 3. The Morgan fingerprint density at radius 3 is 2.24 bits per heavy atom. The number of Topliss-reactive ketones (excluding diaryl/α,β-unsaturated/α-hetero) is 1. The van der Waals surface area contributed by atoms with E-state index in [1.165, 1.54) is 20.9 Å². The summed E-state index contributed by atoms with van der Waals surface area (Å²) in [6.07, 6.45) is 2.32. The fourth-order valence-corrected chi connectivity index (χ4v) is 6.86. The van der Waals surface area contributed by atoms with Crippen LogP contribution in [0.1, 0.15) is 64.7 Å². The molecule has 6 rings (SSSR count). The first kappa shape index (κ1) is 31.0. The second-order valence-corrected chi connectivity index (χ2v) is 12.4. The van der Waals surface area contributed by atoms with E-state index >= 15 is 0 Å². The molecule has 4 amide bonds. The average molecular weight is 623 g/mol. The Morgan fingerprint density at radius 2 is 1.50 bits per heavy atom. The molecule has 2 aliphatic heterocycles. The molecule has 1 fully saturated rings. The number of carbonyl (C=O) groups excluding carboxylic acids is 4. The van der Waals surface area contributed by atoms with Crippen LogP contribution in [-0.2, 0) is 40.2 Å². The largest absolute Gasteiger partial charge is 0.465 e. The van der Waals surface area contributed by atoms with Gasteiger partial charge in [0.1, 0.15) is 11.6 Å². The highest BCUT2D eigenvalue weighted by molar-refractivity contribution is 6.02. The third-order valence-electron chi connectivity index (χ3n) is 9.57. The van der Waals surface area contributed by atoms with Crippen molar-refractivity contribution in [3.05, 3.63) is 101 Å². The molecule has 0 bridgehead atoms. The van der Waals surface area contributed by atoms with Gasteiger partial charge in [-0.2, -0.15) is 0 Å². The molecule has 0 radical (unpaired) electrons. The molecular weight excluding hydrogens is 584 g/mol. The van der Waals surface area contributed by atoms with Crippen molar-refractivity contribution >= 4 is 35.3 Å². The van der Waals surface area contributed by atoms with Crippen molar-refractivity contribution in [1.82, 2.24) is 15.1 Å². The maximum Gasteiger partial charge on any atom is 0.407 e. The van der Waals surface area contributed by atoms with E-state index in [1.54, 1.807) is 24.3 Å². The maximum atomic E-state index is 14.2. The highest BCUT2D eigenvalue weighted by Crippen LogP contribution is 2.30. The van der Waals surface area contributed by atoms with Gasteiger partial charge in [0.25, 0.3) is 0 Å². The number of nitrogens with zero attached hydrogens (tertiary/aromatic N) is 2. The van der Waals surface area contributed by atoms with Gasteiger partial charge in [0.2, 0.25) is 17.7 Å². The first-order valence-corrected chi connectivity index (χ1v) is 15.9. The fourth-order valence-electron chi connectivity index (χ4n) is 6.86. The molecule has 10 heteroatoms. The Bertz CT molecular complexity index is 1660. The van der Waals surface area contributed by atoms with E-state index in [9.17, 15) is 29.1 Å². The number of anilines is 1. The topological polar surface area (TPSA) is 136 Å². The summed E-state index contributed by atoms with van der Waals surface area (Å²) < 4.78 is 0. The minimum absolute atomic E-state index is 0.00742. The molecule has 0 spiro atoms. The van der Waals surface area contributed by atoms with Crippen LogP contribution in [0, 0.1) is 0 Å². The highest BCUT2D eigenvalue weighted by Gasteiger charge is 2.46. The summed E-state index contributed by atoms with van der Waals surface area (Å²) in [6.45, 7) is 0.351. The number of benzene rings is 3. The van der Waals surface area contributed by atoms with Crippen LogP contribution in [0.25, 0.3) is 0 Å². The Labute approximate surface area is 267 Å². The molecule has 3 aromatic carbocycles. The molecule has 46 heavy (non-hydrogen) atoms. The van der Waals surface area contributed by atoms with E-state index < -0.39 is 29.5 Å². The van der Waals surface area contributed by atoms with E-state index in [4.69, 9.17) is 0 Å². The Kier molecular flexibility index (Phi) is 8.87. The number of amides is 4. The zero-order valence-corrected chi connectivity index (χ0v) is 25.7. The van der Waals surface area contributed by atoms with Crippen molar-refractivity contribution in [3.63, 3.8) is 0 Å². The number of piperidine rings is 1. The number of ketones is 1. The molecule has 1 unspecified atom stereocenters. The fraction of sp³-hybridized carbons (Fsp3) is 0.361. The number of carboxylic acid groups (broad SMARTS) is 1. The number of fused-ring (bicyclic) bond motifs is 2. The van der Waals surface area contributed by atoms with Gasteiger partial charge < -0.3 is 25.5 Å². The smallest absolute Gasteiger partial charge is 0.407 e. The lowest BCUT2D eigenvalue weighted by atomic mass is 9.85. The summed E-state index contributed by atoms with van der Waals surface area (Å²) in [5.74, 6) is -1.37. The van der Waals surface area contributed by atoms with Crippen LogP contribution >= 0.6 is 0 Å². The highest BCUT2D eigenvalue weighted by atomic mass is 16.4. The van der Waals surface area contributed by atoms with Gasteiger partial charge in [0, 0.05) is 50.1 Å². The first-order valence-electron chi connectivity index (χ1n) is 15.9. The van der Waals surface area contributed by atoms with Crippen molar-refractivity contribution < 1.29 is 29.1 Å². The number of nitrogens with one attached hydrogen (secondary N) is 2. The zero-order valence-electron chi connectivity index (χ0n) is 25.7. The van der Waals surface area contributed by atoms with E-state index in [-0.39, 0.29) is 63.4 Å². The third-order valence-corrected chi connectivity index (χ3v) is 9.57. The number of aryl methyl sites for hydroxylation is 2. The number of carbonyl (C=O) groups is 5. The van der Waals surface area contributed by atoms with Gasteiger partial charge in [-0.1, -0.05) is 60.7 Å². The molecule has 0 saturated carbocycles. The molecule has 3 N–H and O–H groups in total. The Hall–Kier alpha value is -4.99. The quantitative estimate of drug-likeness (QED) is 0.320. The van der Waals surface area contributed by atoms with Crippen LogP contribution in [0.4, 0.5) is 10.5 Å². The molecular formula is C36H38N4O6. The number of likely N-dealkylation sites (tertiary alicyclic amines) is 1. The molecule has 0 aromatic heterocycles. The lowest BCUT2D eigenvalue weighted by Crippen LogP contribution is -2.65. The van der Waals surface area contributed by atoms with E-state index in [2.05, 4.69) is 10.6 Å². The summed E-state index contributed by atoms with van der Waals surface area (Å²) in [7, 11) is 0. The summed E-state index contributed by atoms with van der Waals surface area (Å²) in [5, 5.41) is 15.6. The maximum absolute atomic E-state index is 14.2. The van der Waals surface area contributed by atoms with Crippen LogP contribution in [-0.4, -0.2) is 69.2 Å². The van der Waals surface area contributed by atoms with Crippen molar-refractivity contribution in [2.45, 2.75) is 69.5 Å². The molecule has 3 aliphatic rings. The van der Waals surface area contributed by atoms with Crippen LogP contribution in [0.2, 0.25) is 0 Å². The van der Waals surface area contributed by atoms with Gasteiger partial charge in [-0.15, -0.1) is 0 Å². The third kappa shape index (κ3) is 6.51. The van der Waals surface area contributed by atoms with Crippen LogP contribution in [0.15, 0.2) is 72.8 Å². The molecule has 1 aliphatic carbocycles. The normalized spacial score (nSPS) is 18.2. The lowest BCUT2D eigenvalue weighted by Gasteiger charge is -2.42. The summed E-state index contributed by atoms with van der Waals surface area (Å²) >= 11 is 0. The zero-order chi connectivity index (χ0) is 32.3. The predicted octanol–water partition coefficient (Wildman–Crippen LogP) is 4.36. The van der Waals surface area contributed by atoms with Gasteiger partial charge in [-0.3, -0.25) is 19.2 Å². The summed E-state index contributed by atoms with van der Waals surface area (Å²) in [5.41, 5.74) is 4.10. The molecule has 2 heterocycles. The van der Waals surface area contributed by atoms with Crippen LogP contribution < -0.4 is 10.6 Å². The van der Waals surface area contributed by atoms with E-state index in [0.29, 0.717) is 11.3 Å². The number of hydrogen-bond acceptors (Lipinski definition) is 5. The van der Waals surface area contributed by atoms with Gasteiger partial charge >= 0.3 is 6.09 Å². The minimum atomic E-state index is -1.38. The second-order valence-electron chi connectivity index (χ2n) is 12.4. The van der Waals surface area contributed by atoms with E-state index in [0.717, 1.165) is 30.4 Å². The van der Waals surface area contributed by atoms with Crippen molar-refractivity contribution in [2.24, 2.45) is 0 Å². The van der Waals surface area contributed by atoms with Crippen molar-refractivity contribution in [2.75, 3.05) is 18.4 Å². The van der Waals surface area contributed by atoms with Gasteiger partial charge in [-0.05, 0) is 66.5 Å². The van der Waals surface area contributed by atoms with Crippen molar-refractivity contribution in [1.29, 1.82) is 0 Å². The Morgan fingerprint density at radius 1 is 0.804 bits per heavy atom. The van der Waals surface area contributed by atoms with Crippen molar-refractivity contribution in [3.8, 4) is 0 Å². The lowest BCUT2D eigenvalue weighted by molar-refractivity contribution is -0.144. The second kappa shape index (κ2) is 13.2. The summed E-state index contributed by atoms with van der Waals surface area (Å²) in [6, 6.07) is 21.3. The van der Waals surface area contributed by atoms with Gasteiger partial charge in [0.05, 0.1) is 0 Å². The molecule has 238 valence electrons. The monoisotopic (exact) mass is 622 g/mol. The average Bonchev–Trinajstić information content (AvgIpc) is 3.55. The van der Waals surface area contributed by atoms with Gasteiger partial charge in [-0.25, -0.2) is 4.79 Å². The van der Waals surface area contributed by atoms with Crippen LogP contribution in [0.3, 0.4) is 0 Å². The molecule has 3 aromatic rings. The summed E-state index contributed by atoms with van der Waals surface area (Å²) in [4.78, 5) is 69.1. The molecule has 1 saturated heterocycles.